The summed E-state index contributed by atoms with van der Waals surface area (Å²) in [7, 11) is -3.12. The van der Waals surface area contributed by atoms with Crippen molar-refractivity contribution in [3.05, 3.63) is 35.9 Å². The Balaban J connectivity index is 1.74. The monoisotopic (exact) mass is 280 g/mol. The van der Waals surface area contributed by atoms with Crippen LogP contribution in [0.5, 0.6) is 0 Å². The van der Waals surface area contributed by atoms with Gasteiger partial charge in [0.15, 0.2) is 0 Å². The van der Waals surface area contributed by atoms with Gasteiger partial charge >= 0.3 is 0 Å². The number of nitrogens with two attached hydrogens (primary N) is 1. The second-order valence-electron chi connectivity index (χ2n) is 5.72. The maximum absolute atomic E-state index is 12.3. The molecule has 2 fully saturated rings. The van der Waals surface area contributed by atoms with Gasteiger partial charge in [0, 0.05) is 25.0 Å². The molecule has 0 aromatic heterocycles. The van der Waals surface area contributed by atoms with E-state index in [-0.39, 0.29) is 12.0 Å². The summed E-state index contributed by atoms with van der Waals surface area (Å²) in [5.74, 6) is 0.813. The van der Waals surface area contributed by atoms with Crippen molar-refractivity contribution in [3.8, 4) is 0 Å². The average molecular weight is 280 g/mol. The van der Waals surface area contributed by atoms with Gasteiger partial charge in [-0.3, -0.25) is 0 Å². The molecule has 19 heavy (non-hydrogen) atoms. The van der Waals surface area contributed by atoms with Gasteiger partial charge in [-0.1, -0.05) is 30.3 Å². The molecule has 1 heterocycles. The van der Waals surface area contributed by atoms with Gasteiger partial charge in [-0.2, -0.15) is 4.31 Å². The van der Waals surface area contributed by atoms with E-state index in [0.717, 1.165) is 18.4 Å². The molecule has 1 aromatic rings. The molecule has 0 spiro atoms. The lowest BCUT2D eigenvalue weighted by molar-refractivity contribution is 0.467. The fourth-order valence-corrected chi connectivity index (χ4v) is 4.69. The predicted molar refractivity (Wildman–Crippen MR) is 75.2 cm³/mol. The van der Waals surface area contributed by atoms with Crippen molar-refractivity contribution >= 4 is 10.0 Å². The quantitative estimate of drug-likeness (QED) is 0.900. The number of hydrogen-bond donors (Lipinski definition) is 1. The number of sulfonamides is 1. The molecule has 104 valence electrons. The highest BCUT2D eigenvalue weighted by atomic mass is 32.2. The average Bonchev–Trinajstić information content (AvgIpc) is 3.09. The van der Waals surface area contributed by atoms with Gasteiger partial charge in [0.2, 0.25) is 10.0 Å². The Hall–Kier alpha value is -0.910. The van der Waals surface area contributed by atoms with E-state index in [2.05, 4.69) is 0 Å². The Morgan fingerprint density at radius 3 is 2.47 bits per heavy atom. The minimum absolute atomic E-state index is 0.101. The molecule has 2 atom stereocenters. The summed E-state index contributed by atoms with van der Waals surface area (Å²) < 4.78 is 26.1. The first-order valence-electron chi connectivity index (χ1n) is 6.84. The van der Waals surface area contributed by atoms with Crippen LogP contribution in [0.25, 0.3) is 0 Å². The van der Waals surface area contributed by atoms with Crippen LogP contribution in [-0.2, 0) is 10.0 Å². The third-order valence-electron chi connectivity index (χ3n) is 4.10. The van der Waals surface area contributed by atoms with Gasteiger partial charge < -0.3 is 5.73 Å². The second-order valence-corrected chi connectivity index (χ2v) is 7.73. The van der Waals surface area contributed by atoms with Crippen LogP contribution in [0, 0.1) is 5.92 Å². The van der Waals surface area contributed by atoms with Crippen LogP contribution in [0.1, 0.15) is 24.3 Å². The minimum Gasteiger partial charge on any atom is -0.326 e. The maximum Gasteiger partial charge on any atom is 0.214 e. The minimum atomic E-state index is -3.12. The lowest BCUT2D eigenvalue weighted by atomic mass is 9.95. The van der Waals surface area contributed by atoms with E-state index in [4.69, 9.17) is 5.73 Å². The second kappa shape index (κ2) is 4.89. The molecule has 1 saturated carbocycles. The smallest absolute Gasteiger partial charge is 0.214 e. The van der Waals surface area contributed by atoms with Gasteiger partial charge in [-0.25, -0.2) is 8.42 Å². The summed E-state index contributed by atoms with van der Waals surface area (Å²) in [4.78, 5) is 0. The highest BCUT2D eigenvalue weighted by Crippen LogP contribution is 2.34. The standard InChI is InChI=1S/C14H20N2O2S/c15-14-9-16(19(17,18)10-11-6-7-11)8-13(14)12-4-2-1-3-5-12/h1-5,11,13-14H,6-10,15H2/t13-,14+/m1/s1. The molecule has 0 radical (unpaired) electrons. The van der Waals surface area contributed by atoms with Crippen molar-refractivity contribution in [2.24, 2.45) is 11.7 Å². The van der Waals surface area contributed by atoms with Crippen LogP contribution >= 0.6 is 0 Å². The molecule has 1 aliphatic carbocycles. The van der Waals surface area contributed by atoms with Crippen LogP contribution in [0.4, 0.5) is 0 Å². The Labute approximate surface area is 114 Å². The summed E-state index contributed by atoms with van der Waals surface area (Å²) in [6.45, 7) is 0.981. The lowest BCUT2D eigenvalue weighted by Gasteiger charge is -2.16. The topological polar surface area (TPSA) is 63.4 Å². The van der Waals surface area contributed by atoms with Crippen molar-refractivity contribution in [3.63, 3.8) is 0 Å². The Bertz CT molecular complexity index is 540. The van der Waals surface area contributed by atoms with Crippen LogP contribution in [0.2, 0.25) is 0 Å². The van der Waals surface area contributed by atoms with E-state index in [1.54, 1.807) is 4.31 Å². The van der Waals surface area contributed by atoms with Gasteiger partial charge in [0.05, 0.1) is 5.75 Å². The van der Waals surface area contributed by atoms with Crippen LogP contribution in [-0.4, -0.2) is 37.6 Å². The summed E-state index contributed by atoms with van der Waals surface area (Å²) in [6.07, 6.45) is 2.11. The summed E-state index contributed by atoms with van der Waals surface area (Å²) in [5.41, 5.74) is 7.28. The van der Waals surface area contributed by atoms with Gasteiger partial charge in [-0.05, 0) is 24.3 Å². The zero-order chi connectivity index (χ0) is 13.5. The van der Waals surface area contributed by atoms with Crippen molar-refractivity contribution in [2.45, 2.75) is 24.8 Å². The molecule has 0 bridgehead atoms. The Morgan fingerprint density at radius 2 is 1.84 bits per heavy atom. The SMILES string of the molecule is N[C@H]1CN(S(=O)(=O)CC2CC2)C[C@@H]1c1ccccc1. The molecule has 2 aliphatic rings. The zero-order valence-electron chi connectivity index (χ0n) is 10.9. The zero-order valence-corrected chi connectivity index (χ0v) is 11.7. The number of benzene rings is 1. The van der Waals surface area contributed by atoms with Crippen molar-refractivity contribution < 1.29 is 8.42 Å². The van der Waals surface area contributed by atoms with Gasteiger partial charge in [0.1, 0.15) is 0 Å². The molecular weight excluding hydrogens is 260 g/mol. The molecule has 1 saturated heterocycles. The molecule has 5 heteroatoms. The largest absolute Gasteiger partial charge is 0.326 e. The van der Waals surface area contributed by atoms with E-state index >= 15 is 0 Å². The number of nitrogens with zero attached hydrogens (tertiary/aromatic N) is 1. The van der Waals surface area contributed by atoms with Crippen molar-refractivity contribution in [1.29, 1.82) is 0 Å². The maximum atomic E-state index is 12.3. The summed E-state index contributed by atoms with van der Waals surface area (Å²) in [5, 5.41) is 0. The molecule has 1 aromatic carbocycles. The van der Waals surface area contributed by atoms with E-state index in [1.165, 1.54) is 0 Å². The van der Waals surface area contributed by atoms with Gasteiger partial charge in [0.25, 0.3) is 0 Å². The summed E-state index contributed by atoms with van der Waals surface area (Å²) in [6, 6.07) is 9.87. The van der Waals surface area contributed by atoms with Crippen LogP contribution < -0.4 is 5.73 Å². The molecule has 0 unspecified atom stereocenters. The lowest BCUT2D eigenvalue weighted by Crippen LogP contribution is -2.34. The van der Waals surface area contributed by atoms with E-state index in [0.29, 0.717) is 24.8 Å². The fraction of sp³-hybridized carbons (Fsp3) is 0.571. The highest BCUT2D eigenvalue weighted by molar-refractivity contribution is 7.89. The third kappa shape index (κ3) is 2.83. The number of hydrogen-bond acceptors (Lipinski definition) is 3. The molecule has 1 aliphatic heterocycles. The first kappa shape index (κ1) is 13.1. The van der Waals surface area contributed by atoms with E-state index in [9.17, 15) is 8.42 Å². The number of rotatable bonds is 4. The van der Waals surface area contributed by atoms with Gasteiger partial charge in [-0.15, -0.1) is 0 Å². The molecule has 0 amide bonds. The van der Waals surface area contributed by atoms with Crippen molar-refractivity contribution in [1.82, 2.24) is 4.31 Å². The van der Waals surface area contributed by atoms with E-state index < -0.39 is 10.0 Å². The van der Waals surface area contributed by atoms with Crippen LogP contribution in [0.3, 0.4) is 0 Å². The highest BCUT2D eigenvalue weighted by Gasteiger charge is 2.39. The normalized spacial score (nSPS) is 28.7. The first-order valence-corrected chi connectivity index (χ1v) is 8.45. The molecule has 2 N–H and O–H groups in total. The van der Waals surface area contributed by atoms with E-state index in [1.807, 2.05) is 30.3 Å². The third-order valence-corrected chi connectivity index (χ3v) is 6.07. The molecule has 4 nitrogen and oxygen atoms in total. The van der Waals surface area contributed by atoms with Crippen LogP contribution in [0.15, 0.2) is 30.3 Å². The Morgan fingerprint density at radius 1 is 1.16 bits per heavy atom. The summed E-state index contributed by atoms with van der Waals surface area (Å²) >= 11 is 0. The first-order chi connectivity index (χ1) is 9.06. The molecular formula is C14H20N2O2S. The van der Waals surface area contributed by atoms with Crippen molar-refractivity contribution in [2.75, 3.05) is 18.8 Å². The Kier molecular flexibility index (Phi) is 3.37. The molecule has 3 rings (SSSR count). The fourth-order valence-electron chi connectivity index (χ4n) is 2.76. The predicted octanol–water partition coefficient (Wildman–Crippen LogP) is 1.15.